The standard InChI is InChI=1S/C16H23N3O4S.ClH/c1-17-24(21,22)15-12-13(4-6-14(15)23-2)5-7-16(20)19-10-3-8-18-9-11-19;/h4-7,12,17-18H,3,8-11H2,1-2H3;1H/b7-5+;. The highest BCUT2D eigenvalue weighted by Crippen LogP contribution is 2.25. The topological polar surface area (TPSA) is 87.7 Å². The van der Waals surface area contributed by atoms with Crippen molar-refractivity contribution in [1.82, 2.24) is 14.9 Å². The lowest BCUT2D eigenvalue weighted by molar-refractivity contribution is -0.125. The van der Waals surface area contributed by atoms with Gasteiger partial charge in [-0.2, -0.15) is 0 Å². The number of benzene rings is 1. The molecule has 2 rings (SSSR count). The van der Waals surface area contributed by atoms with E-state index in [4.69, 9.17) is 4.74 Å². The number of hydrogen-bond acceptors (Lipinski definition) is 5. The largest absolute Gasteiger partial charge is 0.495 e. The molecule has 140 valence electrons. The van der Waals surface area contributed by atoms with Crippen molar-refractivity contribution < 1.29 is 17.9 Å². The molecule has 9 heteroatoms. The summed E-state index contributed by atoms with van der Waals surface area (Å²) in [5.41, 5.74) is 0.617. The summed E-state index contributed by atoms with van der Waals surface area (Å²) >= 11 is 0. The van der Waals surface area contributed by atoms with Crippen LogP contribution in [0.4, 0.5) is 0 Å². The van der Waals surface area contributed by atoms with Crippen LogP contribution < -0.4 is 14.8 Å². The number of methoxy groups -OCH3 is 1. The van der Waals surface area contributed by atoms with Gasteiger partial charge in [0, 0.05) is 25.7 Å². The molecule has 1 fully saturated rings. The maximum Gasteiger partial charge on any atom is 0.246 e. The first kappa shape index (κ1) is 21.4. The van der Waals surface area contributed by atoms with Gasteiger partial charge in [-0.3, -0.25) is 4.79 Å². The van der Waals surface area contributed by atoms with Gasteiger partial charge in [-0.25, -0.2) is 13.1 Å². The quantitative estimate of drug-likeness (QED) is 0.729. The number of ether oxygens (including phenoxy) is 1. The maximum atomic E-state index is 12.2. The van der Waals surface area contributed by atoms with E-state index in [0.717, 1.165) is 26.1 Å². The van der Waals surface area contributed by atoms with Gasteiger partial charge < -0.3 is 15.0 Å². The number of rotatable bonds is 5. The Balaban J connectivity index is 0.00000312. The van der Waals surface area contributed by atoms with Crippen LogP contribution in [0.25, 0.3) is 6.08 Å². The minimum Gasteiger partial charge on any atom is -0.495 e. The molecular formula is C16H24ClN3O4S. The van der Waals surface area contributed by atoms with Crippen LogP contribution in [-0.2, 0) is 14.8 Å². The number of hydrogen-bond donors (Lipinski definition) is 2. The Morgan fingerprint density at radius 1 is 1.32 bits per heavy atom. The zero-order valence-corrected chi connectivity index (χ0v) is 16.0. The number of carbonyl (C=O) groups excluding carboxylic acids is 1. The van der Waals surface area contributed by atoms with Crippen molar-refractivity contribution in [3.05, 3.63) is 29.8 Å². The molecule has 0 saturated carbocycles. The Kier molecular flexibility index (Phi) is 8.37. The average Bonchev–Trinajstić information content (AvgIpc) is 2.88. The van der Waals surface area contributed by atoms with E-state index in [9.17, 15) is 13.2 Å². The Labute approximate surface area is 154 Å². The second-order valence-electron chi connectivity index (χ2n) is 5.38. The van der Waals surface area contributed by atoms with Crippen LogP contribution in [0.15, 0.2) is 29.2 Å². The van der Waals surface area contributed by atoms with Crippen LogP contribution >= 0.6 is 12.4 Å². The minimum atomic E-state index is -3.64. The SMILES string of the molecule is CNS(=O)(=O)c1cc(/C=C/C(=O)N2CCCNCC2)ccc1OC.Cl. The van der Waals surface area contributed by atoms with Gasteiger partial charge in [0.25, 0.3) is 0 Å². The summed E-state index contributed by atoms with van der Waals surface area (Å²) in [6, 6.07) is 4.77. The summed E-state index contributed by atoms with van der Waals surface area (Å²) in [7, 11) is -0.885. The van der Waals surface area contributed by atoms with Gasteiger partial charge >= 0.3 is 0 Å². The number of amides is 1. The second-order valence-corrected chi connectivity index (χ2v) is 7.23. The maximum absolute atomic E-state index is 12.2. The molecule has 7 nitrogen and oxygen atoms in total. The van der Waals surface area contributed by atoms with Gasteiger partial charge in [0.05, 0.1) is 7.11 Å². The molecule has 0 bridgehead atoms. The van der Waals surface area contributed by atoms with Crippen molar-refractivity contribution in [3.63, 3.8) is 0 Å². The third kappa shape index (κ3) is 5.71. The van der Waals surface area contributed by atoms with Crippen LogP contribution in [0.1, 0.15) is 12.0 Å². The van der Waals surface area contributed by atoms with Crippen LogP contribution in [-0.4, -0.2) is 59.6 Å². The molecule has 0 spiro atoms. The van der Waals surface area contributed by atoms with Gasteiger partial charge in [-0.05, 0) is 43.8 Å². The molecule has 0 aromatic heterocycles. The summed E-state index contributed by atoms with van der Waals surface area (Å²) in [6.45, 7) is 3.09. The van der Waals surface area contributed by atoms with E-state index in [1.54, 1.807) is 23.1 Å². The number of carbonyl (C=O) groups is 1. The monoisotopic (exact) mass is 389 g/mol. The molecular weight excluding hydrogens is 366 g/mol. The number of nitrogens with zero attached hydrogens (tertiary/aromatic N) is 1. The molecule has 1 saturated heterocycles. The third-order valence-electron chi connectivity index (χ3n) is 3.82. The van der Waals surface area contributed by atoms with Gasteiger partial charge in [0.15, 0.2) is 0 Å². The predicted molar refractivity (Wildman–Crippen MR) is 99.6 cm³/mol. The molecule has 0 aliphatic carbocycles. The molecule has 2 N–H and O–H groups in total. The number of halogens is 1. The highest BCUT2D eigenvalue weighted by atomic mass is 35.5. The van der Waals surface area contributed by atoms with Gasteiger partial charge in [0.2, 0.25) is 15.9 Å². The third-order valence-corrected chi connectivity index (χ3v) is 5.25. The molecule has 0 radical (unpaired) electrons. The fourth-order valence-electron chi connectivity index (χ4n) is 2.46. The van der Waals surface area contributed by atoms with Crippen LogP contribution in [0.5, 0.6) is 5.75 Å². The average molecular weight is 390 g/mol. The zero-order valence-electron chi connectivity index (χ0n) is 14.3. The van der Waals surface area contributed by atoms with E-state index in [2.05, 4.69) is 10.0 Å². The molecule has 1 aliphatic rings. The fraction of sp³-hybridized carbons (Fsp3) is 0.438. The highest BCUT2D eigenvalue weighted by molar-refractivity contribution is 7.89. The van der Waals surface area contributed by atoms with E-state index in [0.29, 0.717) is 12.1 Å². The molecule has 1 aliphatic heterocycles. The van der Waals surface area contributed by atoms with E-state index in [1.165, 1.54) is 26.3 Å². The summed E-state index contributed by atoms with van der Waals surface area (Å²) in [5.74, 6) is 0.180. The molecule has 1 heterocycles. The first-order valence-corrected chi connectivity index (χ1v) is 9.25. The molecule has 25 heavy (non-hydrogen) atoms. The number of nitrogens with one attached hydrogen (secondary N) is 2. The molecule has 0 atom stereocenters. The molecule has 1 aromatic carbocycles. The van der Waals surface area contributed by atoms with Crippen molar-refractivity contribution in [2.45, 2.75) is 11.3 Å². The predicted octanol–water partition coefficient (Wildman–Crippen LogP) is 0.860. The minimum absolute atomic E-state index is 0. The van der Waals surface area contributed by atoms with Crippen molar-refractivity contribution in [3.8, 4) is 5.75 Å². The van der Waals surface area contributed by atoms with Crippen molar-refractivity contribution in [2.75, 3.05) is 40.3 Å². The smallest absolute Gasteiger partial charge is 0.246 e. The first-order valence-electron chi connectivity index (χ1n) is 7.77. The van der Waals surface area contributed by atoms with Gasteiger partial charge in [-0.15, -0.1) is 12.4 Å². The first-order chi connectivity index (χ1) is 11.5. The normalized spacial score (nSPS) is 15.5. The fourth-order valence-corrected chi connectivity index (χ4v) is 3.38. The van der Waals surface area contributed by atoms with Crippen molar-refractivity contribution >= 4 is 34.4 Å². The Bertz CT molecular complexity index is 714. The van der Waals surface area contributed by atoms with Crippen LogP contribution in [0.3, 0.4) is 0 Å². The van der Waals surface area contributed by atoms with E-state index < -0.39 is 10.0 Å². The Morgan fingerprint density at radius 2 is 2.08 bits per heavy atom. The van der Waals surface area contributed by atoms with E-state index in [1.807, 2.05) is 0 Å². The number of sulfonamides is 1. The second kappa shape index (κ2) is 9.76. The Hall–Kier alpha value is -1.61. The summed E-state index contributed by atoms with van der Waals surface area (Å²) in [4.78, 5) is 14.1. The Morgan fingerprint density at radius 3 is 2.76 bits per heavy atom. The van der Waals surface area contributed by atoms with Gasteiger partial charge in [-0.1, -0.05) is 6.07 Å². The van der Waals surface area contributed by atoms with E-state index in [-0.39, 0.29) is 29.0 Å². The molecule has 1 aromatic rings. The van der Waals surface area contributed by atoms with E-state index >= 15 is 0 Å². The summed E-state index contributed by atoms with van der Waals surface area (Å²) in [5, 5.41) is 3.24. The molecule has 0 unspecified atom stereocenters. The lowest BCUT2D eigenvalue weighted by Gasteiger charge is -2.17. The van der Waals surface area contributed by atoms with Crippen molar-refractivity contribution in [2.24, 2.45) is 0 Å². The van der Waals surface area contributed by atoms with Crippen molar-refractivity contribution in [1.29, 1.82) is 0 Å². The summed E-state index contributed by atoms with van der Waals surface area (Å²) in [6.07, 6.45) is 4.02. The van der Waals surface area contributed by atoms with Crippen LogP contribution in [0, 0.1) is 0 Å². The van der Waals surface area contributed by atoms with Gasteiger partial charge in [0.1, 0.15) is 10.6 Å². The summed E-state index contributed by atoms with van der Waals surface area (Å²) < 4.78 is 31.5. The highest BCUT2D eigenvalue weighted by Gasteiger charge is 2.18. The lowest BCUT2D eigenvalue weighted by Crippen LogP contribution is -2.32. The lowest BCUT2D eigenvalue weighted by atomic mass is 10.2. The molecule has 1 amide bonds. The van der Waals surface area contributed by atoms with Crippen LogP contribution in [0.2, 0.25) is 0 Å². The zero-order chi connectivity index (χ0) is 17.6.